The molecule has 2 aromatic rings. The van der Waals surface area contributed by atoms with Gasteiger partial charge in [-0.25, -0.2) is 0 Å². The number of likely N-dealkylation sites (tertiary alicyclic amines) is 1. The summed E-state index contributed by atoms with van der Waals surface area (Å²) in [5.74, 6) is 0.976. The van der Waals surface area contributed by atoms with Gasteiger partial charge in [-0.3, -0.25) is 14.5 Å². The van der Waals surface area contributed by atoms with Crippen LogP contribution >= 0.6 is 0 Å². The van der Waals surface area contributed by atoms with E-state index in [0.29, 0.717) is 24.4 Å². The molecule has 31 heavy (non-hydrogen) atoms. The number of ether oxygens (including phenoxy) is 1. The van der Waals surface area contributed by atoms with E-state index in [-0.39, 0.29) is 17.7 Å². The fourth-order valence-electron chi connectivity index (χ4n) is 4.49. The van der Waals surface area contributed by atoms with Crippen LogP contribution in [-0.2, 0) is 11.3 Å². The lowest BCUT2D eigenvalue weighted by molar-refractivity contribution is -0.138. The fraction of sp³-hybridized carbons (Fsp3) is 0.440. The Morgan fingerprint density at radius 1 is 0.871 bits per heavy atom. The number of carbonyl (C=O) groups is 2. The first-order valence-electron chi connectivity index (χ1n) is 11.1. The standard InChI is InChI=1S/C25H31N3O3/c1-31-23-9-5-8-22(18-23)25(30)27-12-10-21(11-13-27)24(29)28-16-14-26(15-17-28)19-20-6-3-2-4-7-20/h2-9,18,21H,10-17,19H2,1H3. The molecule has 0 atom stereocenters. The molecule has 2 aromatic carbocycles. The van der Waals surface area contributed by atoms with Gasteiger partial charge in [0.25, 0.3) is 5.91 Å². The van der Waals surface area contributed by atoms with Crippen molar-refractivity contribution in [3.8, 4) is 5.75 Å². The number of hydrogen-bond donors (Lipinski definition) is 0. The van der Waals surface area contributed by atoms with E-state index >= 15 is 0 Å². The van der Waals surface area contributed by atoms with Crippen LogP contribution in [0.5, 0.6) is 5.75 Å². The molecule has 2 aliphatic heterocycles. The summed E-state index contributed by atoms with van der Waals surface area (Å²) in [6, 6.07) is 17.7. The third-order valence-electron chi connectivity index (χ3n) is 6.38. The Morgan fingerprint density at radius 3 is 2.26 bits per heavy atom. The molecule has 2 heterocycles. The number of methoxy groups -OCH3 is 1. The zero-order chi connectivity index (χ0) is 21.6. The maximum absolute atomic E-state index is 13.0. The van der Waals surface area contributed by atoms with E-state index in [9.17, 15) is 9.59 Å². The highest BCUT2D eigenvalue weighted by Gasteiger charge is 2.32. The Morgan fingerprint density at radius 2 is 1.58 bits per heavy atom. The summed E-state index contributed by atoms with van der Waals surface area (Å²) >= 11 is 0. The molecular weight excluding hydrogens is 390 g/mol. The maximum Gasteiger partial charge on any atom is 0.253 e. The molecule has 0 aliphatic carbocycles. The minimum absolute atomic E-state index is 0.0133. The largest absolute Gasteiger partial charge is 0.497 e. The average Bonchev–Trinajstić information content (AvgIpc) is 2.84. The Kier molecular flexibility index (Phi) is 6.87. The molecule has 0 saturated carbocycles. The highest BCUT2D eigenvalue weighted by molar-refractivity contribution is 5.94. The summed E-state index contributed by atoms with van der Waals surface area (Å²) in [4.78, 5) is 32.1. The molecule has 0 N–H and O–H groups in total. The lowest BCUT2D eigenvalue weighted by atomic mass is 9.94. The molecule has 0 aromatic heterocycles. The predicted molar refractivity (Wildman–Crippen MR) is 120 cm³/mol. The summed E-state index contributed by atoms with van der Waals surface area (Å²) < 4.78 is 5.22. The Labute approximate surface area is 184 Å². The summed E-state index contributed by atoms with van der Waals surface area (Å²) in [6.45, 7) is 5.58. The summed E-state index contributed by atoms with van der Waals surface area (Å²) in [5.41, 5.74) is 1.95. The van der Waals surface area contributed by atoms with E-state index < -0.39 is 0 Å². The second-order valence-corrected chi connectivity index (χ2v) is 8.39. The van der Waals surface area contributed by atoms with Crippen molar-refractivity contribution in [2.24, 2.45) is 5.92 Å². The first-order chi connectivity index (χ1) is 15.1. The molecule has 2 saturated heterocycles. The molecule has 0 unspecified atom stereocenters. The molecule has 0 bridgehead atoms. The molecular formula is C25H31N3O3. The van der Waals surface area contributed by atoms with Crippen molar-refractivity contribution >= 4 is 11.8 Å². The first-order valence-corrected chi connectivity index (χ1v) is 11.1. The van der Waals surface area contributed by atoms with Gasteiger partial charge in [0.05, 0.1) is 7.11 Å². The SMILES string of the molecule is COc1cccc(C(=O)N2CCC(C(=O)N3CCN(Cc4ccccc4)CC3)CC2)c1. The molecule has 4 rings (SSSR count). The fourth-order valence-corrected chi connectivity index (χ4v) is 4.49. The van der Waals surface area contributed by atoms with Crippen LogP contribution in [-0.4, -0.2) is 72.9 Å². The molecule has 0 spiro atoms. The number of nitrogens with zero attached hydrogens (tertiary/aromatic N) is 3. The monoisotopic (exact) mass is 421 g/mol. The lowest BCUT2D eigenvalue weighted by Crippen LogP contribution is -2.51. The molecule has 2 amide bonds. The van der Waals surface area contributed by atoms with Crippen molar-refractivity contribution in [2.45, 2.75) is 19.4 Å². The zero-order valence-electron chi connectivity index (χ0n) is 18.2. The van der Waals surface area contributed by atoms with E-state index in [4.69, 9.17) is 4.74 Å². The van der Waals surface area contributed by atoms with Crippen molar-refractivity contribution in [1.29, 1.82) is 0 Å². The lowest BCUT2D eigenvalue weighted by Gasteiger charge is -2.38. The van der Waals surface area contributed by atoms with E-state index in [1.807, 2.05) is 34.1 Å². The normalized spacial score (nSPS) is 18.1. The second kappa shape index (κ2) is 9.96. The number of amides is 2. The van der Waals surface area contributed by atoms with Gasteiger partial charge in [-0.2, -0.15) is 0 Å². The quantitative estimate of drug-likeness (QED) is 0.745. The molecule has 164 valence electrons. The van der Waals surface area contributed by atoms with E-state index in [1.54, 1.807) is 13.2 Å². The number of piperazine rings is 1. The van der Waals surface area contributed by atoms with Crippen LogP contribution in [0.2, 0.25) is 0 Å². The van der Waals surface area contributed by atoms with E-state index in [2.05, 4.69) is 29.2 Å². The van der Waals surface area contributed by atoms with Crippen LogP contribution in [0.1, 0.15) is 28.8 Å². The zero-order valence-corrected chi connectivity index (χ0v) is 18.2. The van der Waals surface area contributed by atoms with E-state index in [0.717, 1.165) is 45.6 Å². The van der Waals surface area contributed by atoms with Crippen molar-refractivity contribution in [3.63, 3.8) is 0 Å². The Balaban J connectivity index is 1.24. The van der Waals surface area contributed by atoms with Crippen molar-refractivity contribution in [2.75, 3.05) is 46.4 Å². The third-order valence-corrected chi connectivity index (χ3v) is 6.38. The van der Waals surface area contributed by atoms with Crippen molar-refractivity contribution in [1.82, 2.24) is 14.7 Å². The summed E-state index contributed by atoms with van der Waals surface area (Å²) in [6.07, 6.45) is 1.47. The van der Waals surface area contributed by atoms with Crippen molar-refractivity contribution in [3.05, 3.63) is 65.7 Å². The van der Waals surface area contributed by atoms with E-state index in [1.165, 1.54) is 5.56 Å². The molecule has 2 fully saturated rings. The van der Waals surface area contributed by atoms with Gasteiger partial charge in [0.15, 0.2) is 0 Å². The van der Waals surface area contributed by atoms with Gasteiger partial charge >= 0.3 is 0 Å². The number of hydrogen-bond acceptors (Lipinski definition) is 4. The predicted octanol–water partition coefficient (Wildman–Crippen LogP) is 2.89. The Hall–Kier alpha value is -2.86. The highest BCUT2D eigenvalue weighted by Crippen LogP contribution is 2.23. The average molecular weight is 422 g/mol. The molecule has 6 nitrogen and oxygen atoms in total. The smallest absolute Gasteiger partial charge is 0.253 e. The topological polar surface area (TPSA) is 53.1 Å². The minimum Gasteiger partial charge on any atom is -0.497 e. The highest BCUT2D eigenvalue weighted by atomic mass is 16.5. The summed E-state index contributed by atoms with van der Waals surface area (Å²) in [7, 11) is 1.60. The number of carbonyl (C=O) groups excluding carboxylic acids is 2. The van der Waals surface area contributed by atoms with Gasteiger partial charge < -0.3 is 14.5 Å². The van der Waals surface area contributed by atoms with Gasteiger partial charge in [0, 0.05) is 57.3 Å². The van der Waals surface area contributed by atoms with Gasteiger partial charge in [0.2, 0.25) is 5.91 Å². The number of benzene rings is 2. The van der Waals surface area contributed by atoms with Crippen LogP contribution in [0.15, 0.2) is 54.6 Å². The maximum atomic E-state index is 13.0. The third kappa shape index (κ3) is 5.25. The number of piperidine rings is 1. The minimum atomic E-state index is 0.0133. The summed E-state index contributed by atoms with van der Waals surface area (Å²) in [5, 5.41) is 0. The van der Waals surface area contributed by atoms with Crippen LogP contribution in [0.25, 0.3) is 0 Å². The molecule has 2 aliphatic rings. The molecule has 6 heteroatoms. The van der Waals surface area contributed by atoms with Crippen molar-refractivity contribution < 1.29 is 14.3 Å². The van der Waals surface area contributed by atoms with Crippen LogP contribution in [0.4, 0.5) is 0 Å². The van der Waals surface area contributed by atoms with Crippen LogP contribution in [0, 0.1) is 5.92 Å². The number of rotatable bonds is 5. The second-order valence-electron chi connectivity index (χ2n) is 8.39. The molecule has 0 radical (unpaired) electrons. The van der Waals surface area contributed by atoms with Crippen LogP contribution in [0.3, 0.4) is 0 Å². The van der Waals surface area contributed by atoms with Gasteiger partial charge in [-0.15, -0.1) is 0 Å². The van der Waals surface area contributed by atoms with Gasteiger partial charge in [-0.05, 0) is 36.6 Å². The first kappa shape index (κ1) is 21.4. The van der Waals surface area contributed by atoms with Gasteiger partial charge in [-0.1, -0.05) is 36.4 Å². The van der Waals surface area contributed by atoms with Gasteiger partial charge in [0.1, 0.15) is 5.75 Å². The van der Waals surface area contributed by atoms with Crippen LogP contribution < -0.4 is 4.74 Å². The Bertz CT molecular complexity index is 886.